The first-order valence-electron chi connectivity index (χ1n) is 12.0. The number of aliphatic hydroxyl groups excluding tert-OH is 2. The summed E-state index contributed by atoms with van der Waals surface area (Å²) in [4.78, 5) is 0. The lowest BCUT2D eigenvalue weighted by Crippen LogP contribution is -2.40. The maximum Gasteiger partial charge on any atom is 0.0845 e. The molecule has 32 heavy (non-hydrogen) atoms. The molecule has 0 unspecified atom stereocenters. The Hall–Kier alpha value is -1.46. The van der Waals surface area contributed by atoms with Gasteiger partial charge in [0.05, 0.1) is 30.0 Å². The van der Waals surface area contributed by atoms with Gasteiger partial charge in [-0.25, -0.2) is 0 Å². The van der Waals surface area contributed by atoms with Crippen molar-refractivity contribution < 1.29 is 20.1 Å². The smallest absolute Gasteiger partial charge is 0.0845 e. The van der Waals surface area contributed by atoms with Gasteiger partial charge in [0.2, 0.25) is 0 Å². The zero-order chi connectivity index (χ0) is 23.7. The summed E-state index contributed by atoms with van der Waals surface area (Å²) in [6.45, 7) is 14.7. The monoisotopic (exact) mass is 442 g/mol. The molecule has 3 aliphatic rings. The molecule has 0 bridgehead atoms. The van der Waals surface area contributed by atoms with Crippen LogP contribution in [-0.4, -0.2) is 45.3 Å². The molecule has 4 heteroatoms. The Morgan fingerprint density at radius 2 is 1.94 bits per heavy atom. The van der Waals surface area contributed by atoms with Gasteiger partial charge in [0, 0.05) is 6.42 Å². The van der Waals surface area contributed by atoms with Crippen molar-refractivity contribution in [2.45, 2.75) is 96.6 Å². The van der Waals surface area contributed by atoms with Crippen molar-refractivity contribution in [1.29, 1.82) is 0 Å². The van der Waals surface area contributed by atoms with Crippen LogP contribution in [0.1, 0.15) is 73.1 Å². The molecule has 0 aromatic carbocycles. The van der Waals surface area contributed by atoms with Crippen LogP contribution in [0.3, 0.4) is 0 Å². The van der Waals surface area contributed by atoms with Gasteiger partial charge in [0.1, 0.15) is 0 Å². The van der Waals surface area contributed by atoms with Gasteiger partial charge in [-0.3, -0.25) is 0 Å². The van der Waals surface area contributed by atoms with Crippen LogP contribution in [0, 0.1) is 11.3 Å². The molecular formula is C28H42O4. The van der Waals surface area contributed by atoms with Crippen molar-refractivity contribution in [3.05, 3.63) is 59.3 Å². The van der Waals surface area contributed by atoms with E-state index in [9.17, 15) is 15.3 Å². The number of hydrogen-bond donors (Lipinski definition) is 3. The van der Waals surface area contributed by atoms with Crippen molar-refractivity contribution >= 4 is 0 Å². The second-order valence-corrected chi connectivity index (χ2v) is 11.1. The minimum atomic E-state index is -0.829. The van der Waals surface area contributed by atoms with Gasteiger partial charge in [-0.1, -0.05) is 49.5 Å². The van der Waals surface area contributed by atoms with E-state index in [1.165, 1.54) is 11.1 Å². The first-order chi connectivity index (χ1) is 14.8. The molecule has 3 rings (SSSR count). The maximum atomic E-state index is 10.1. The van der Waals surface area contributed by atoms with Crippen LogP contribution >= 0.6 is 0 Å². The summed E-state index contributed by atoms with van der Waals surface area (Å²) >= 11 is 0. The quantitative estimate of drug-likeness (QED) is 0.496. The number of rotatable bonds is 6. The van der Waals surface area contributed by atoms with Crippen LogP contribution in [0.15, 0.2) is 59.3 Å². The minimum Gasteiger partial charge on any atom is -0.393 e. The zero-order valence-electron chi connectivity index (χ0n) is 20.5. The molecule has 2 fully saturated rings. The molecule has 0 heterocycles. The second kappa shape index (κ2) is 9.42. The standard InChI is InChI=1S/C28H42O4/c1-19-21(17-22(29)18-24(19)30)11-10-20-9-7-15-28(6)23(20)12-13-25(28)27(4,5)32-16-8-14-26(2,3)31/h8,10-11,13-14,22-24,29-31H,1,7,9,12,15-18H2,2-6H3/t22-,23+,24+,28+/m1/s1. The lowest BCUT2D eigenvalue weighted by molar-refractivity contribution is 0.00706. The molecule has 4 nitrogen and oxygen atoms in total. The maximum absolute atomic E-state index is 10.1. The van der Waals surface area contributed by atoms with E-state index in [0.29, 0.717) is 25.4 Å². The van der Waals surface area contributed by atoms with Crippen LogP contribution in [0.25, 0.3) is 0 Å². The van der Waals surface area contributed by atoms with E-state index in [0.717, 1.165) is 36.8 Å². The number of fused-ring (bicyclic) bond motifs is 1. The Balaban J connectivity index is 1.75. The van der Waals surface area contributed by atoms with Crippen molar-refractivity contribution in [3.63, 3.8) is 0 Å². The van der Waals surface area contributed by atoms with Gasteiger partial charge in [-0.05, 0) is 87.9 Å². The van der Waals surface area contributed by atoms with Gasteiger partial charge in [-0.2, -0.15) is 0 Å². The van der Waals surface area contributed by atoms with Crippen LogP contribution in [0.4, 0.5) is 0 Å². The van der Waals surface area contributed by atoms with Crippen molar-refractivity contribution in [2.24, 2.45) is 11.3 Å². The highest BCUT2D eigenvalue weighted by atomic mass is 16.5. The average molecular weight is 443 g/mol. The highest BCUT2D eigenvalue weighted by Gasteiger charge is 2.49. The van der Waals surface area contributed by atoms with Gasteiger partial charge in [0.25, 0.3) is 0 Å². The molecule has 0 radical (unpaired) electrons. The fourth-order valence-electron chi connectivity index (χ4n) is 5.89. The molecule has 0 spiro atoms. The zero-order valence-corrected chi connectivity index (χ0v) is 20.5. The summed E-state index contributed by atoms with van der Waals surface area (Å²) < 4.78 is 6.29. The average Bonchev–Trinajstić information content (AvgIpc) is 3.04. The van der Waals surface area contributed by atoms with E-state index in [2.05, 4.69) is 45.6 Å². The normalized spacial score (nSPS) is 34.4. The topological polar surface area (TPSA) is 69.9 Å². The molecule has 0 saturated heterocycles. The number of allylic oxidation sites excluding steroid dienone is 4. The Morgan fingerprint density at radius 1 is 1.22 bits per heavy atom. The van der Waals surface area contributed by atoms with Gasteiger partial charge >= 0.3 is 0 Å². The van der Waals surface area contributed by atoms with Gasteiger partial charge in [0.15, 0.2) is 0 Å². The summed E-state index contributed by atoms with van der Waals surface area (Å²) in [5.41, 5.74) is 3.38. The molecule has 3 aliphatic carbocycles. The van der Waals surface area contributed by atoms with E-state index in [1.54, 1.807) is 19.9 Å². The molecule has 4 atom stereocenters. The third-order valence-corrected chi connectivity index (χ3v) is 7.53. The highest BCUT2D eigenvalue weighted by molar-refractivity contribution is 5.41. The molecule has 0 aromatic heterocycles. The van der Waals surface area contributed by atoms with Crippen LogP contribution in [-0.2, 0) is 4.74 Å². The molecule has 0 amide bonds. The minimum absolute atomic E-state index is 0.0641. The fraction of sp³-hybridized carbons (Fsp3) is 0.643. The largest absolute Gasteiger partial charge is 0.393 e. The van der Waals surface area contributed by atoms with E-state index < -0.39 is 17.8 Å². The van der Waals surface area contributed by atoms with Crippen molar-refractivity contribution in [2.75, 3.05) is 6.61 Å². The molecule has 2 saturated carbocycles. The third-order valence-electron chi connectivity index (χ3n) is 7.53. The second-order valence-electron chi connectivity index (χ2n) is 11.1. The van der Waals surface area contributed by atoms with E-state index in [4.69, 9.17) is 4.74 Å². The number of ether oxygens (including phenoxy) is 1. The predicted molar refractivity (Wildman–Crippen MR) is 130 cm³/mol. The summed E-state index contributed by atoms with van der Waals surface area (Å²) in [5, 5.41) is 30.1. The highest BCUT2D eigenvalue weighted by Crippen LogP contribution is 2.57. The van der Waals surface area contributed by atoms with Crippen molar-refractivity contribution in [1.82, 2.24) is 0 Å². The number of aliphatic hydroxyl groups is 3. The molecule has 0 aromatic rings. The van der Waals surface area contributed by atoms with E-state index >= 15 is 0 Å². The molecule has 3 N–H and O–H groups in total. The number of hydrogen-bond acceptors (Lipinski definition) is 4. The van der Waals surface area contributed by atoms with Crippen LogP contribution in [0.5, 0.6) is 0 Å². The molecule has 178 valence electrons. The summed E-state index contributed by atoms with van der Waals surface area (Å²) in [6, 6.07) is 0. The Labute approximate surface area is 194 Å². The summed E-state index contributed by atoms with van der Waals surface area (Å²) in [6.07, 6.45) is 14.5. The summed E-state index contributed by atoms with van der Waals surface area (Å²) in [7, 11) is 0. The first kappa shape index (κ1) is 25.2. The Bertz CT molecular complexity index is 836. The third kappa shape index (κ3) is 5.53. The SMILES string of the molecule is C=C1C(=CC=C2CCC[C@]3(C)C(C(C)(C)OCC=CC(C)(C)O)=CC[C@@H]23)C[C@@H](O)C[C@@H]1O. The van der Waals surface area contributed by atoms with Gasteiger partial charge in [-0.15, -0.1) is 0 Å². The Kier molecular flexibility index (Phi) is 7.41. The first-order valence-corrected chi connectivity index (χ1v) is 12.0. The fourth-order valence-corrected chi connectivity index (χ4v) is 5.89. The summed E-state index contributed by atoms with van der Waals surface area (Å²) in [5.74, 6) is 0.449. The molecular weight excluding hydrogens is 400 g/mol. The van der Waals surface area contributed by atoms with Gasteiger partial charge < -0.3 is 20.1 Å². The molecule has 0 aliphatic heterocycles. The van der Waals surface area contributed by atoms with Crippen LogP contribution < -0.4 is 0 Å². The Morgan fingerprint density at radius 3 is 2.62 bits per heavy atom. The predicted octanol–water partition coefficient (Wildman–Crippen LogP) is 5.17. The lowest BCUT2D eigenvalue weighted by Gasteiger charge is -2.45. The van der Waals surface area contributed by atoms with E-state index in [-0.39, 0.29) is 11.0 Å². The lowest BCUT2D eigenvalue weighted by atomic mass is 9.62. The van der Waals surface area contributed by atoms with Crippen molar-refractivity contribution in [3.8, 4) is 0 Å². The van der Waals surface area contributed by atoms with Crippen LogP contribution in [0.2, 0.25) is 0 Å². The van der Waals surface area contributed by atoms with E-state index in [1.807, 2.05) is 6.08 Å².